The lowest BCUT2D eigenvalue weighted by molar-refractivity contribution is 0.0944. The Bertz CT molecular complexity index is 695. The van der Waals surface area contributed by atoms with Crippen LogP contribution in [0.15, 0.2) is 11.2 Å². The number of thioether (sulfide) groups is 1. The molecule has 0 aliphatic heterocycles. The van der Waals surface area contributed by atoms with Crippen molar-refractivity contribution >= 4 is 17.7 Å². The van der Waals surface area contributed by atoms with Gasteiger partial charge in [0.2, 0.25) is 0 Å². The lowest BCUT2D eigenvalue weighted by Gasteiger charge is -2.07. The first-order valence-corrected chi connectivity index (χ1v) is 8.39. The van der Waals surface area contributed by atoms with Crippen molar-refractivity contribution in [3.63, 3.8) is 0 Å². The van der Waals surface area contributed by atoms with Crippen LogP contribution in [0.3, 0.4) is 0 Å². The fraction of sp³-hybridized carbons (Fsp3) is 0.467. The van der Waals surface area contributed by atoms with E-state index in [4.69, 9.17) is 0 Å². The first-order chi connectivity index (χ1) is 10.5. The Morgan fingerprint density at radius 1 is 1.32 bits per heavy atom. The second-order valence-corrected chi connectivity index (χ2v) is 5.80. The zero-order chi connectivity index (χ0) is 16.3. The number of carbonyl (C=O) groups is 1. The molecule has 0 saturated heterocycles. The van der Waals surface area contributed by atoms with Crippen LogP contribution in [0.25, 0.3) is 0 Å². The summed E-state index contributed by atoms with van der Waals surface area (Å²) in [4.78, 5) is 20.8. The highest BCUT2D eigenvalue weighted by atomic mass is 32.2. The summed E-state index contributed by atoms with van der Waals surface area (Å²) in [7, 11) is 0. The van der Waals surface area contributed by atoms with E-state index in [1.807, 2.05) is 31.7 Å². The normalized spacial score (nSPS) is 10.8. The Morgan fingerprint density at radius 3 is 2.64 bits per heavy atom. The summed E-state index contributed by atoms with van der Waals surface area (Å²) >= 11 is 1.42. The van der Waals surface area contributed by atoms with Crippen molar-refractivity contribution in [2.24, 2.45) is 0 Å². The van der Waals surface area contributed by atoms with Crippen molar-refractivity contribution < 1.29 is 4.79 Å². The van der Waals surface area contributed by atoms with E-state index in [0.29, 0.717) is 17.4 Å². The van der Waals surface area contributed by atoms with Gasteiger partial charge in [-0.1, -0.05) is 11.8 Å². The third kappa shape index (κ3) is 3.47. The van der Waals surface area contributed by atoms with Crippen LogP contribution in [0, 0.1) is 20.8 Å². The van der Waals surface area contributed by atoms with Crippen LogP contribution in [0.1, 0.15) is 40.1 Å². The van der Waals surface area contributed by atoms with Gasteiger partial charge in [-0.3, -0.25) is 9.48 Å². The molecule has 0 bridgehead atoms. The van der Waals surface area contributed by atoms with Gasteiger partial charge in [0.25, 0.3) is 5.91 Å². The molecule has 7 heteroatoms. The van der Waals surface area contributed by atoms with Crippen LogP contribution < -0.4 is 5.32 Å². The molecule has 2 rings (SSSR count). The SMILES string of the molecule is CCn1nc(C)c(CNC(=O)c2cc(C)nc(SC)n2)c1C. The average Bonchev–Trinajstić information content (AvgIpc) is 2.78. The Kier molecular flexibility index (Phi) is 5.18. The molecule has 0 spiro atoms. The zero-order valence-electron chi connectivity index (χ0n) is 13.6. The average molecular weight is 319 g/mol. The molecule has 0 radical (unpaired) electrons. The fourth-order valence-electron chi connectivity index (χ4n) is 2.31. The maximum absolute atomic E-state index is 12.3. The van der Waals surface area contributed by atoms with E-state index in [9.17, 15) is 4.79 Å². The monoisotopic (exact) mass is 319 g/mol. The molecule has 0 aromatic carbocycles. The Hall–Kier alpha value is -1.89. The number of nitrogens with zero attached hydrogens (tertiary/aromatic N) is 4. The smallest absolute Gasteiger partial charge is 0.270 e. The molecule has 22 heavy (non-hydrogen) atoms. The molecule has 0 atom stereocenters. The van der Waals surface area contributed by atoms with Crippen LogP contribution in [-0.4, -0.2) is 31.9 Å². The number of amides is 1. The third-order valence-corrected chi connectivity index (χ3v) is 4.05. The molecule has 0 unspecified atom stereocenters. The molecule has 1 N–H and O–H groups in total. The van der Waals surface area contributed by atoms with Crippen molar-refractivity contribution in [2.75, 3.05) is 6.26 Å². The van der Waals surface area contributed by atoms with E-state index in [0.717, 1.165) is 29.2 Å². The maximum Gasteiger partial charge on any atom is 0.270 e. The minimum absolute atomic E-state index is 0.191. The van der Waals surface area contributed by atoms with Crippen LogP contribution in [0.5, 0.6) is 0 Å². The molecule has 0 saturated carbocycles. The number of carbonyl (C=O) groups excluding carboxylic acids is 1. The van der Waals surface area contributed by atoms with Crippen LogP contribution in [0.4, 0.5) is 0 Å². The molecule has 2 aromatic rings. The third-order valence-electron chi connectivity index (χ3n) is 3.51. The lowest BCUT2D eigenvalue weighted by atomic mass is 10.2. The summed E-state index contributed by atoms with van der Waals surface area (Å²) < 4.78 is 1.94. The number of aromatic nitrogens is 4. The summed E-state index contributed by atoms with van der Waals surface area (Å²) in [5, 5.41) is 7.99. The minimum Gasteiger partial charge on any atom is -0.346 e. The van der Waals surface area contributed by atoms with E-state index < -0.39 is 0 Å². The first-order valence-electron chi connectivity index (χ1n) is 7.17. The summed E-state index contributed by atoms with van der Waals surface area (Å²) in [6, 6.07) is 1.70. The van der Waals surface area contributed by atoms with Crippen LogP contribution >= 0.6 is 11.8 Å². The van der Waals surface area contributed by atoms with Gasteiger partial charge in [-0.05, 0) is 40.0 Å². The Labute approximate surface area is 134 Å². The van der Waals surface area contributed by atoms with Gasteiger partial charge in [0.05, 0.1) is 5.69 Å². The van der Waals surface area contributed by atoms with E-state index in [1.165, 1.54) is 11.8 Å². The number of hydrogen-bond donors (Lipinski definition) is 1. The van der Waals surface area contributed by atoms with Crippen LogP contribution in [0.2, 0.25) is 0 Å². The van der Waals surface area contributed by atoms with Crippen molar-refractivity contribution in [1.82, 2.24) is 25.1 Å². The van der Waals surface area contributed by atoms with E-state index in [-0.39, 0.29) is 5.91 Å². The molecule has 6 nitrogen and oxygen atoms in total. The minimum atomic E-state index is -0.191. The summed E-state index contributed by atoms with van der Waals surface area (Å²) in [5.74, 6) is -0.191. The number of rotatable bonds is 5. The quantitative estimate of drug-likeness (QED) is 0.676. The standard InChI is InChI=1S/C15H21N5OS/c1-6-20-11(4)12(10(3)19-20)8-16-14(21)13-7-9(2)17-15(18-13)22-5/h7H,6,8H2,1-5H3,(H,16,21). The van der Waals surface area contributed by atoms with Gasteiger partial charge < -0.3 is 5.32 Å². The first kappa shape index (κ1) is 16.5. The van der Waals surface area contributed by atoms with Crippen LogP contribution in [-0.2, 0) is 13.1 Å². The maximum atomic E-state index is 12.3. The molecule has 2 aromatic heterocycles. The predicted octanol–water partition coefficient (Wildman–Crippen LogP) is 2.27. The molecule has 2 heterocycles. The van der Waals surface area contributed by atoms with E-state index >= 15 is 0 Å². The molecule has 0 fully saturated rings. The van der Waals surface area contributed by atoms with Crippen molar-refractivity contribution in [3.05, 3.63) is 34.4 Å². The molecular weight excluding hydrogens is 298 g/mol. The molecular formula is C15H21N5OS. The van der Waals surface area contributed by atoms with Gasteiger partial charge in [0.1, 0.15) is 5.69 Å². The van der Waals surface area contributed by atoms with Gasteiger partial charge in [-0.2, -0.15) is 5.10 Å². The number of nitrogens with one attached hydrogen (secondary N) is 1. The van der Waals surface area contributed by atoms with Crippen molar-refractivity contribution in [2.45, 2.75) is 45.9 Å². The second-order valence-electron chi connectivity index (χ2n) is 5.03. The van der Waals surface area contributed by atoms with E-state index in [1.54, 1.807) is 6.07 Å². The largest absolute Gasteiger partial charge is 0.346 e. The summed E-state index contributed by atoms with van der Waals surface area (Å²) in [5.41, 5.74) is 4.28. The summed E-state index contributed by atoms with van der Waals surface area (Å²) in [6.45, 7) is 9.16. The highest BCUT2D eigenvalue weighted by Gasteiger charge is 2.14. The van der Waals surface area contributed by atoms with E-state index in [2.05, 4.69) is 27.3 Å². The zero-order valence-corrected chi connectivity index (χ0v) is 14.4. The van der Waals surface area contributed by atoms with Gasteiger partial charge >= 0.3 is 0 Å². The van der Waals surface area contributed by atoms with Crippen molar-refractivity contribution in [3.8, 4) is 0 Å². The molecule has 118 valence electrons. The number of aryl methyl sites for hydroxylation is 3. The Morgan fingerprint density at radius 2 is 2.05 bits per heavy atom. The number of hydrogen-bond acceptors (Lipinski definition) is 5. The summed E-state index contributed by atoms with van der Waals surface area (Å²) in [6.07, 6.45) is 1.89. The predicted molar refractivity (Wildman–Crippen MR) is 87.1 cm³/mol. The highest BCUT2D eigenvalue weighted by molar-refractivity contribution is 7.98. The topological polar surface area (TPSA) is 72.7 Å². The second kappa shape index (κ2) is 6.91. The molecule has 0 aliphatic carbocycles. The highest BCUT2D eigenvalue weighted by Crippen LogP contribution is 2.14. The van der Waals surface area contributed by atoms with Gasteiger partial charge in [-0.15, -0.1) is 0 Å². The van der Waals surface area contributed by atoms with Gasteiger partial charge in [0.15, 0.2) is 5.16 Å². The van der Waals surface area contributed by atoms with Crippen molar-refractivity contribution in [1.29, 1.82) is 0 Å². The Balaban J connectivity index is 2.13. The molecule has 0 aliphatic rings. The van der Waals surface area contributed by atoms with Gasteiger partial charge in [-0.25, -0.2) is 9.97 Å². The van der Waals surface area contributed by atoms with Gasteiger partial charge in [0, 0.05) is 30.0 Å². The fourth-order valence-corrected chi connectivity index (χ4v) is 2.73. The lowest BCUT2D eigenvalue weighted by Crippen LogP contribution is -2.25. The molecule has 1 amide bonds.